The number of aromatic nitrogens is 2. The molecule has 1 amide bonds. The second-order valence-electron chi connectivity index (χ2n) is 3.62. The second kappa shape index (κ2) is 5.16. The molecule has 0 aliphatic heterocycles. The highest BCUT2D eigenvalue weighted by atomic mass is 16.5. The number of carbonyl (C=O) groups is 1. The number of H-pyrrole nitrogens is 1. The van der Waals surface area contributed by atoms with Crippen LogP contribution < -0.4 is 10.1 Å². The van der Waals surface area contributed by atoms with Crippen molar-refractivity contribution in [3.63, 3.8) is 0 Å². The van der Waals surface area contributed by atoms with Gasteiger partial charge in [0.2, 0.25) is 0 Å². The number of rotatable bonds is 4. The monoisotopic (exact) mass is 231 g/mol. The molecule has 0 saturated carbocycles. The fourth-order valence-electron chi connectivity index (χ4n) is 1.37. The highest BCUT2D eigenvalue weighted by molar-refractivity contribution is 5.90. The number of anilines is 1. The number of ether oxygens (including phenoxy) is 1. The van der Waals surface area contributed by atoms with Crippen molar-refractivity contribution < 1.29 is 9.53 Å². The van der Waals surface area contributed by atoms with E-state index in [1.54, 1.807) is 12.3 Å². The van der Waals surface area contributed by atoms with Gasteiger partial charge < -0.3 is 10.1 Å². The van der Waals surface area contributed by atoms with Crippen molar-refractivity contribution in [2.45, 2.75) is 6.92 Å². The molecule has 0 unspecified atom stereocenters. The molecular weight excluding hydrogens is 218 g/mol. The van der Waals surface area contributed by atoms with E-state index in [2.05, 4.69) is 15.5 Å². The molecule has 1 aromatic heterocycles. The molecule has 0 aliphatic rings. The van der Waals surface area contributed by atoms with E-state index in [0.717, 1.165) is 5.56 Å². The maximum absolute atomic E-state index is 11.5. The zero-order chi connectivity index (χ0) is 12.1. The minimum atomic E-state index is -0.226. The number of benzene rings is 1. The second-order valence-corrected chi connectivity index (χ2v) is 3.62. The van der Waals surface area contributed by atoms with Gasteiger partial charge in [0.25, 0.3) is 5.91 Å². The van der Waals surface area contributed by atoms with Crippen LogP contribution in [0.1, 0.15) is 5.56 Å². The SMILES string of the molecule is Cc1cccc(OCC(=O)Nc2ccn[nH]2)c1. The summed E-state index contributed by atoms with van der Waals surface area (Å²) in [5, 5.41) is 8.99. The molecule has 0 saturated heterocycles. The molecule has 2 aromatic rings. The van der Waals surface area contributed by atoms with Crippen LogP contribution in [0.3, 0.4) is 0 Å². The number of aryl methyl sites for hydroxylation is 1. The smallest absolute Gasteiger partial charge is 0.263 e. The normalized spacial score (nSPS) is 9.94. The molecule has 1 aromatic carbocycles. The molecule has 5 nitrogen and oxygen atoms in total. The predicted octanol–water partition coefficient (Wildman–Crippen LogP) is 1.74. The molecule has 17 heavy (non-hydrogen) atoms. The zero-order valence-corrected chi connectivity index (χ0v) is 9.43. The molecule has 0 atom stereocenters. The lowest BCUT2D eigenvalue weighted by molar-refractivity contribution is -0.118. The molecule has 0 bridgehead atoms. The maximum Gasteiger partial charge on any atom is 0.263 e. The van der Waals surface area contributed by atoms with Gasteiger partial charge in [-0.2, -0.15) is 5.10 Å². The van der Waals surface area contributed by atoms with Crippen LogP contribution in [0.4, 0.5) is 5.82 Å². The van der Waals surface area contributed by atoms with Gasteiger partial charge >= 0.3 is 0 Å². The molecule has 88 valence electrons. The minimum Gasteiger partial charge on any atom is -0.484 e. The number of hydrogen-bond donors (Lipinski definition) is 2. The van der Waals surface area contributed by atoms with Crippen LogP contribution in [-0.4, -0.2) is 22.7 Å². The highest BCUT2D eigenvalue weighted by Gasteiger charge is 2.04. The van der Waals surface area contributed by atoms with E-state index in [9.17, 15) is 4.79 Å². The summed E-state index contributed by atoms with van der Waals surface area (Å²) in [5.74, 6) is 1.02. The number of carbonyl (C=O) groups excluding carboxylic acids is 1. The van der Waals surface area contributed by atoms with Crippen LogP contribution in [0, 0.1) is 6.92 Å². The Kier molecular flexibility index (Phi) is 3.40. The van der Waals surface area contributed by atoms with Gasteiger partial charge in [0, 0.05) is 6.07 Å². The average Bonchev–Trinajstić information content (AvgIpc) is 2.79. The van der Waals surface area contributed by atoms with E-state index >= 15 is 0 Å². The van der Waals surface area contributed by atoms with Gasteiger partial charge in [-0.05, 0) is 24.6 Å². The fraction of sp³-hybridized carbons (Fsp3) is 0.167. The van der Waals surface area contributed by atoms with Crippen LogP contribution in [0.5, 0.6) is 5.75 Å². The summed E-state index contributed by atoms with van der Waals surface area (Å²) in [6, 6.07) is 9.22. The van der Waals surface area contributed by atoms with E-state index in [4.69, 9.17) is 4.74 Å². The van der Waals surface area contributed by atoms with Gasteiger partial charge in [-0.1, -0.05) is 12.1 Å². The summed E-state index contributed by atoms with van der Waals surface area (Å²) >= 11 is 0. The first-order valence-corrected chi connectivity index (χ1v) is 5.23. The number of aromatic amines is 1. The molecule has 0 fully saturated rings. The fourth-order valence-corrected chi connectivity index (χ4v) is 1.37. The lowest BCUT2D eigenvalue weighted by atomic mass is 10.2. The standard InChI is InChI=1S/C12H13N3O2/c1-9-3-2-4-10(7-9)17-8-12(16)14-11-5-6-13-15-11/h2-7H,8H2,1H3,(H2,13,14,15,16). The molecular formula is C12H13N3O2. The molecule has 1 heterocycles. The Balaban J connectivity index is 1.84. The van der Waals surface area contributed by atoms with E-state index in [-0.39, 0.29) is 12.5 Å². The quantitative estimate of drug-likeness (QED) is 0.842. The van der Waals surface area contributed by atoms with Gasteiger partial charge in [0.1, 0.15) is 11.6 Å². The Morgan fingerprint density at radius 1 is 1.47 bits per heavy atom. The number of hydrogen-bond acceptors (Lipinski definition) is 3. The summed E-state index contributed by atoms with van der Waals surface area (Å²) in [5.41, 5.74) is 1.09. The topological polar surface area (TPSA) is 67.0 Å². The van der Waals surface area contributed by atoms with Crippen LogP contribution in [-0.2, 0) is 4.79 Å². The highest BCUT2D eigenvalue weighted by Crippen LogP contribution is 2.12. The molecule has 0 spiro atoms. The first kappa shape index (κ1) is 11.2. The van der Waals surface area contributed by atoms with Crippen molar-refractivity contribution in [2.75, 3.05) is 11.9 Å². The molecule has 0 radical (unpaired) electrons. The van der Waals surface area contributed by atoms with Gasteiger partial charge in [-0.25, -0.2) is 0 Å². The van der Waals surface area contributed by atoms with Crippen LogP contribution in [0.25, 0.3) is 0 Å². The lowest BCUT2D eigenvalue weighted by Crippen LogP contribution is -2.20. The molecule has 5 heteroatoms. The van der Waals surface area contributed by atoms with Gasteiger partial charge in [-0.3, -0.25) is 9.89 Å². The number of nitrogens with one attached hydrogen (secondary N) is 2. The Morgan fingerprint density at radius 3 is 3.06 bits per heavy atom. The number of nitrogens with zero attached hydrogens (tertiary/aromatic N) is 1. The summed E-state index contributed by atoms with van der Waals surface area (Å²) in [7, 11) is 0. The van der Waals surface area contributed by atoms with Crippen LogP contribution in [0.2, 0.25) is 0 Å². The minimum absolute atomic E-state index is 0.0253. The molecule has 2 rings (SSSR count). The largest absolute Gasteiger partial charge is 0.484 e. The van der Waals surface area contributed by atoms with E-state index in [0.29, 0.717) is 11.6 Å². The third-order valence-electron chi connectivity index (χ3n) is 2.13. The Labute approximate surface area is 98.8 Å². The van der Waals surface area contributed by atoms with Crippen molar-refractivity contribution in [1.82, 2.24) is 10.2 Å². The summed E-state index contributed by atoms with van der Waals surface area (Å²) in [6.45, 7) is 1.94. The Morgan fingerprint density at radius 2 is 2.35 bits per heavy atom. The first-order chi connectivity index (χ1) is 8.24. The third-order valence-corrected chi connectivity index (χ3v) is 2.13. The first-order valence-electron chi connectivity index (χ1n) is 5.23. The van der Waals surface area contributed by atoms with Gasteiger partial charge in [-0.15, -0.1) is 0 Å². The Bertz CT molecular complexity index is 494. The Hall–Kier alpha value is -2.30. The van der Waals surface area contributed by atoms with E-state index < -0.39 is 0 Å². The van der Waals surface area contributed by atoms with E-state index in [1.807, 2.05) is 31.2 Å². The zero-order valence-electron chi connectivity index (χ0n) is 9.43. The maximum atomic E-state index is 11.5. The summed E-state index contributed by atoms with van der Waals surface area (Å²) in [6.07, 6.45) is 1.57. The average molecular weight is 231 g/mol. The lowest BCUT2D eigenvalue weighted by Gasteiger charge is -2.06. The van der Waals surface area contributed by atoms with Crippen molar-refractivity contribution >= 4 is 11.7 Å². The molecule has 0 aliphatic carbocycles. The number of amides is 1. The van der Waals surface area contributed by atoms with Gasteiger partial charge in [0.15, 0.2) is 6.61 Å². The molecule has 2 N–H and O–H groups in total. The van der Waals surface area contributed by atoms with Crippen molar-refractivity contribution in [2.24, 2.45) is 0 Å². The van der Waals surface area contributed by atoms with Crippen LogP contribution >= 0.6 is 0 Å². The van der Waals surface area contributed by atoms with Crippen molar-refractivity contribution in [1.29, 1.82) is 0 Å². The summed E-state index contributed by atoms with van der Waals surface area (Å²) < 4.78 is 5.35. The van der Waals surface area contributed by atoms with E-state index in [1.165, 1.54) is 0 Å². The summed E-state index contributed by atoms with van der Waals surface area (Å²) in [4.78, 5) is 11.5. The third kappa shape index (κ3) is 3.34. The van der Waals surface area contributed by atoms with Gasteiger partial charge in [0.05, 0.1) is 6.20 Å². The predicted molar refractivity (Wildman–Crippen MR) is 63.9 cm³/mol. The van der Waals surface area contributed by atoms with Crippen molar-refractivity contribution in [3.05, 3.63) is 42.1 Å². The van der Waals surface area contributed by atoms with Crippen molar-refractivity contribution in [3.8, 4) is 5.75 Å². The van der Waals surface area contributed by atoms with Crippen LogP contribution in [0.15, 0.2) is 36.5 Å².